The molecule has 0 saturated heterocycles. The van der Waals surface area contributed by atoms with E-state index >= 15 is 0 Å². The second-order valence-electron chi connectivity index (χ2n) is 3.30. The van der Waals surface area contributed by atoms with Crippen LogP contribution in [0.4, 0.5) is 0 Å². The van der Waals surface area contributed by atoms with E-state index in [0.717, 1.165) is 6.42 Å². The van der Waals surface area contributed by atoms with Gasteiger partial charge in [0.1, 0.15) is 0 Å². The maximum atomic E-state index is 11.6. The summed E-state index contributed by atoms with van der Waals surface area (Å²) in [4.78, 5) is 23.3. The molecule has 0 bridgehead atoms. The van der Waals surface area contributed by atoms with E-state index < -0.39 is 0 Å². The minimum Gasteiger partial charge on any atom is -0.302 e. The van der Waals surface area contributed by atoms with Crippen molar-refractivity contribution < 1.29 is 0 Å². The number of nitrogens with zero attached hydrogens (tertiary/aromatic N) is 2. The summed E-state index contributed by atoms with van der Waals surface area (Å²) < 4.78 is 3.08. The first-order valence-electron chi connectivity index (χ1n) is 4.46. The van der Waals surface area contributed by atoms with Crippen molar-refractivity contribution in [1.82, 2.24) is 9.13 Å². The maximum Gasteiger partial charge on any atom is 0.331 e. The fourth-order valence-electron chi connectivity index (χ4n) is 1.22. The molecule has 78 valence electrons. The van der Waals surface area contributed by atoms with Gasteiger partial charge >= 0.3 is 5.69 Å². The van der Waals surface area contributed by atoms with Crippen LogP contribution in [-0.2, 0) is 7.05 Å². The molecule has 1 atom stereocenters. The predicted octanol–water partition coefficient (Wildman–Crippen LogP) is 1.28. The van der Waals surface area contributed by atoms with E-state index in [1.807, 2.05) is 13.8 Å². The Morgan fingerprint density at radius 3 is 2.57 bits per heavy atom. The van der Waals surface area contributed by atoms with Crippen molar-refractivity contribution in [1.29, 1.82) is 0 Å². The van der Waals surface area contributed by atoms with Gasteiger partial charge in [-0.1, -0.05) is 6.92 Å². The summed E-state index contributed by atoms with van der Waals surface area (Å²) in [6, 6.07) is -0.0706. The molecule has 0 aliphatic heterocycles. The molecule has 0 fully saturated rings. The van der Waals surface area contributed by atoms with Crippen molar-refractivity contribution in [2.24, 2.45) is 7.05 Å². The molecular weight excluding hydrogens is 248 g/mol. The van der Waals surface area contributed by atoms with Crippen molar-refractivity contribution in [3.8, 4) is 0 Å². The summed E-state index contributed by atoms with van der Waals surface area (Å²) in [6.07, 6.45) is 2.25. The lowest BCUT2D eigenvalue weighted by atomic mass is 10.2. The Bertz CT molecular complexity index is 413. The second-order valence-corrected chi connectivity index (χ2v) is 4.16. The van der Waals surface area contributed by atoms with Crippen molar-refractivity contribution in [3.63, 3.8) is 0 Å². The molecule has 0 radical (unpaired) electrons. The van der Waals surface area contributed by atoms with Crippen LogP contribution in [0.25, 0.3) is 0 Å². The Kier molecular flexibility index (Phi) is 3.31. The van der Waals surface area contributed by atoms with E-state index in [2.05, 4.69) is 15.9 Å². The third-order valence-corrected chi connectivity index (χ3v) is 2.81. The Hall–Kier alpha value is -0.840. The van der Waals surface area contributed by atoms with Gasteiger partial charge in [0.05, 0.1) is 4.47 Å². The Balaban J connectivity index is 3.56. The first-order valence-corrected chi connectivity index (χ1v) is 5.26. The lowest BCUT2D eigenvalue weighted by molar-refractivity contribution is 0.471. The van der Waals surface area contributed by atoms with Gasteiger partial charge in [-0.05, 0) is 29.3 Å². The number of aryl methyl sites for hydroxylation is 1. The molecule has 1 aromatic heterocycles. The van der Waals surface area contributed by atoms with Crippen molar-refractivity contribution >= 4 is 15.9 Å². The third-order valence-electron chi connectivity index (χ3n) is 2.27. The van der Waals surface area contributed by atoms with Gasteiger partial charge < -0.3 is 4.57 Å². The predicted molar refractivity (Wildman–Crippen MR) is 58.6 cm³/mol. The van der Waals surface area contributed by atoms with Crippen LogP contribution in [0.2, 0.25) is 0 Å². The van der Waals surface area contributed by atoms with Crippen molar-refractivity contribution in [2.45, 2.75) is 26.3 Å². The monoisotopic (exact) mass is 260 g/mol. The molecule has 0 aliphatic rings. The molecule has 0 N–H and O–H groups in total. The maximum absolute atomic E-state index is 11.6. The molecule has 1 aromatic rings. The average Bonchev–Trinajstić information content (AvgIpc) is 2.15. The number of hydrogen-bond donors (Lipinski definition) is 0. The van der Waals surface area contributed by atoms with Crippen LogP contribution in [0, 0.1) is 0 Å². The molecule has 0 amide bonds. The van der Waals surface area contributed by atoms with Gasteiger partial charge in [0, 0.05) is 19.3 Å². The molecular formula is C9H13BrN2O2. The number of aromatic nitrogens is 2. The van der Waals surface area contributed by atoms with Crippen LogP contribution in [0.5, 0.6) is 0 Å². The lowest BCUT2D eigenvalue weighted by Gasteiger charge is -2.13. The Labute approximate surface area is 90.3 Å². The Morgan fingerprint density at radius 1 is 1.50 bits per heavy atom. The summed E-state index contributed by atoms with van der Waals surface area (Å²) in [6.45, 7) is 3.80. The molecule has 14 heavy (non-hydrogen) atoms. The minimum atomic E-state index is -0.271. The van der Waals surface area contributed by atoms with E-state index in [9.17, 15) is 9.59 Å². The quantitative estimate of drug-likeness (QED) is 0.804. The van der Waals surface area contributed by atoms with Gasteiger partial charge in [0.2, 0.25) is 0 Å². The highest BCUT2D eigenvalue weighted by Crippen LogP contribution is 2.06. The van der Waals surface area contributed by atoms with E-state index in [0.29, 0.717) is 4.47 Å². The molecule has 4 nitrogen and oxygen atoms in total. The smallest absolute Gasteiger partial charge is 0.302 e. The van der Waals surface area contributed by atoms with Crippen molar-refractivity contribution in [3.05, 3.63) is 31.5 Å². The fourth-order valence-corrected chi connectivity index (χ4v) is 1.72. The standard InChI is InChI=1S/C9H13BrN2O2/c1-4-6(2)12-8(13)7(10)5-11(3)9(12)14/h5-6H,4H2,1-3H3. The van der Waals surface area contributed by atoms with Crippen molar-refractivity contribution in [2.75, 3.05) is 0 Å². The van der Waals surface area contributed by atoms with Gasteiger partial charge in [-0.15, -0.1) is 0 Å². The zero-order valence-electron chi connectivity index (χ0n) is 8.45. The van der Waals surface area contributed by atoms with Crippen LogP contribution in [0.15, 0.2) is 20.3 Å². The first kappa shape index (κ1) is 11.2. The summed E-state index contributed by atoms with van der Waals surface area (Å²) in [5.74, 6) is 0. The van der Waals surface area contributed by atoms with E-state index in [-0.39, 0.29) is 17.3 Å². The van der Waals surface area contributed by atoms with E-state index in [1.165, 1.54) is 15.3 Å². The molecule has 0 spiro atoms. The highest BCUT2D eigenvalue weighted by Gasteiger charge is 2.11. The van der Waals surface area contributed by atoms with Gasteiger partial charge in [-0.3, -0.25) is 9.36 Å². The van der Waals surface area contributed by atoms with Gasteiger partial charge in [-0.25, -0.2) is 4.79 Å². The highest BCUT2D eigenvalue weighted by molar-refractivity contribution is 9.10. The minimum absolute atomic E-state index is 0.0706. The normalized spacial score (nSPS) is 12.9. The molecule has 1 rings (SSSR count). The average molecular weight is 261 g/mol. The fraction of sp³-hybridized carbons (Fsp3) is 0.556. The molecule has 1 unspecified atom stereocenters. The SMILES string of the molecule is CCC(C)n1c(=O)c(Br)cn(C)c1=O. The summed E-state index contributed by atoms with van der Waals surface area (Å²) >= 11 is 3.14. The third kappa shape index (κ3) is 1.82. The van der Waals surface area contributed by atoms with Gasteiger partial charge in [0.15, 0.2) is 0 Å². The highest BCUT2D eigenvalue weighted by atomic mass is 79.9. The van der Waals surface area contributed by atoms with Crippen LogP contribution in [0.1, 0.15) is 26.3 Å². The number of rotatable bonds is 2. The van der Waals surface area contributed by atoms with E-state index in [1.54, 1.807) is 7.05 Å². The summed E-state index contributed by atoms with van der Waals surface area (Å²) in [5.41, 5.74) is -0.532. The van der Waals surface area contributed by atoms with Gasteiger partial charge in [0.25, 0.3) is 5.56 Å². The van der Waals surface area contributed by atoms with Crippen LogP contribution >= 0.6 is 15.9 Å². The number of halogens is 1. The summed E-state index contributed by atoms with van der Waals surface area (Å²) in [5, 5.41) is 0. The Morgan fingerprint density at radius 2 is 2.07 bits per heavy atom. The molecule has 0 aromatic carbocycles. The summed E-state index contributed by atoms with van der Waals surface area (Å²) in [7, 11) is 1.63. The largest absolute Gasteiger partial charge is 0.331 e. The van der Waals surface area contributed by atoms with Crippen LogP contribution in [-0.4, -0.2) is 9.13 Å². The molecule has 0 aliphatic carbocycles. The lowest BCUT2D eigenvalue weighted by Crippen LogP contribution is -2.40. The van der Waals surface area contributed by atoms with E-state index in [4.69, 9.17) is 0 Å². The zero-order chi connectivity index (χ0) is 10.9. The molecule has 1 heterocycles. The molecule has 0 saturated carbocycles. The number of hydrogen-bond acceptors (Lipinski definition) is 2. The second kappa shape index (κ2) is 4.13. The zero-order valence-corrected chi connectivity index (χ0v) is 10.0. The van der Waals surface area contributed by atoms with Crippen LogP contribution < -0.4 is 11.2 Å². The van der Waals surface area contributed by atoms with Gasteiger partial charge in [-0.2, -0.15) is 0 Å². The first-order chi connectivity index (χ1) is 6.49. The molecule has 5 heteroatoms. The topological polar surface area (TPSA) is 44.0 Å². The van der Waals surface area contributed by atoms with Crippen LogP contribution in [0.3, 0.4) is 0 Å².